The van der Waals surface area contributed by atoms with Crippen molar-refractivity contribution in [1.82, 2.24) is 5.32 Å². The number of aliphatic carboxylic acids is 1. The third-order valence-electron chi connectivity index (χ3n) is 1.86. The molecule has 6 heteroatoms. The first kappa shape index (κ1) is 11.6. The van der Waals surface area contributed by atoms with Gasteiger partial charge in [-0.05, 0) is 35.1 Å². The molecule has 0 spiro atoms. The first-order valence-electron chi connectivity index (χ1n) is 3.97. The molecule has 0 saturated carbocycles. The van der Waals surface area contributed by atoms with Crippen molar-refractivity contribution in [3.05, 3.63) is 20.8 Å². The normalized spacial score (nSPS) is 15.1. The van der Waals surface area contributed by atoms with Crippen LogP contribution in [0.1, 0.15) is 10.9 Å². The Hall–Kier alpha value is -0.430. The number of carboxylic acids is 1. The van der Waals surface area contributed by atoms with Crippen LogP contribution >= 0.6 is 27.3 Å². The van der Waals surface area contributed by atoms with Crippen LogP contribution in [-0.2, 0) is 4.79 Å². The van der Waals surface area contributed by atoms with E-state index in [9.17, 15) is 4.79 Å². The minimum Gasteiger partial charge on any atom is -0.480 e. The Balaban J connectivity index is 2.86. The summed E-state index contributed by atoms with van der Waals surface area (Å²) in [5, 5.41) is 11.7. The average molecular weight is 279 g/mol. The summed E-state index contributed by atoms with van der Waals surface area (Å²) in [6.07, 6.45) is 0. The van der Waals surface area contributed by atoms with Crippen LogP contribution in [0.4, 0.5) is 0 Å². The van der Waals surface area contributed by atoms with E-state index in [0.717, 1.165) is 8.66 Å². The molecule has 14 heavy (non-hydrogen) atoms. The maximum Gasteiger partial charge on any atom is 0.322 e. The molecule has 2 atom stereocenters. The van der Waals surface area contributed by atoms with Gasteiger partial charge in [0.15, 0.2) is 0 Å². The number of nitrogens with two attached hydrogens (primary N) is 1. The fraction of sp³-hybridized carbons (Fsp3) is 0.375. The molecule has 0 radical (unpaired) electrons. The van der Waals surface area contributed by atoms with Crippen molar-refractivity contribution < 1.29 is 9.90 Å². The zero-order valence-corrected chi connectivity index (χ0v) is 9.93. The summed E-state index contributed by atoms with van der Waals surface area (Å²) in [7, 11) is 1.70. The number of halogens is 1. The molecule has 78 valence electrons. The molecule has 0 amide bonds. The van der Waals surface area contributed by atoms with E-state index in [2.05, 4.69) is 21.2 Å². The van der Waals surface area contributed by atoms with Gasteiger partial charge in [0.2, 0.25) is 0 Å². The summed E-state index contributed by atoms with van der Waals surface area (Å²) >= 11 is 4.80. The molecule has 0 aliphatic carbocycles. The van der Waals surface area contributed by atoms with Crippen LogP contribution < -0.4 is 11.1 Å². The molecule has 2 unspecified atom stereocenters. The van der Waals surface area contributed by atoms with Crippen molar-refractivity contribution in [3.63, 3.8) is 0 Å². The highest BCUT2D eigenvalue weighted by Crippen LogP contribution is 2.28. The summed E-state index contributed by atoms with van der Waals surface area (Å²) in [6, 6.07) is 2.46. The largest absolute Gasteiger partial charge is 0.480 e. The third kappa shape index (κ3) is 2.54. The summed E-state index contributed by atoms with van der Waals surface area (Å²) in [6.45, 7) is 0. The number of carboxylic acid groups (broad SMARTS) is 1. The van der Waals surface area contributed by atoms with Crippen LogP contribution in [0.25, 0.3) is 0 Å². The predicted octanol–water partition coefficient (Wildman–Crippen LogP) is 1.18. The molecule has 0 aromatic carbocycles. The number of nitrogens with one attached hydrogen (secondary N) is 1. The van der Waals surface area contributed by atoms with E-state index in [1.54, 1.807) is 7.05 Å². The highest BCUT2D eigenvalue weighted by Gasteiger charge is 2.25. The molecule has 0 bridgehead atoms. The molecule has 0 aliphatic heterocycles. The minimum absolute atomic E-state index is 0.344. The van der Waals surface area contributed by atoms with E-state index in [4.69, 9.17) is 10.8 Å². The zero-order chi connectivity index (χ0) is 10.7. The van der Waals surface area contributed by atoms with Gasteiger partial charge in [0.1, 0.15) is 6.04 Å². The third-order valence-corrected chi connectivity index (χ3v) is 3.56. The average Bonchev–Trinajstić information content (AvgIpc) is 2.53. The highest BCUT2D eigenvalue weighted by atomic mass is 79.9. The first-order chi connectivity index (χ1) is 6.56. The fourth-order valence-corrected chi connectivity index (χ4v) is 2.72. The van der Waals surface area contributed by atoms with Gasteiger partial charge in [-0.1, -0.05) is 0 Å². The number of hydrogen-bond acceptors (Lipinski definition) is 4. The SMILES string of the molecule is CNC(c1ccc(Br)s1)C(N)C(=O)O. The van der Waals surface area contributed by atoms with E-state index < -0.39 is 12.0 Å². The van der Waals surface area contributed by atoms with Crippen LogP contribution in [0, 0.1) is 0 Å². The number of thiophene rings is 1. The zero-order valence-electron chi connectivity index (χ0n) is 7.53. The Morgan fingerprint density at radius 1 is 1.71 bits per heavy atom. The van der Waals surface area contributed by atoms with E-state index in [1.807, 2.05) is 12.1 Å². The quantitative estimate of drug-likeness (QED) is 0.773. The minimum atomic E-state index is -1.01. The van der Waals surface area contributed by atoms with E-state index >= 15 is 0 Å². The summed E-state index contributed by atoms with van der Waals surface area (Å²) < 4.78 is 0.963. The van der Waals surface area contributed by atoms with Gasteiger partial charge in [0, 0.05) is 4.88 Å². The first-order valence-corrected chi connectivity index (χ1v) is 5.58. The maximum atomic E-state index is 10.7. The van der Waals surface area contributed by atoms with Gasteiger partial charge in [-0.3, -0.25) is 4.79 Å². The van der Waals surface area contributed by atoms with Crippen LogP contribution in [0.2, 0.25) is 0 Å². The van der Waals surface area contributed by atoms with Crippen LogP contribution in [0.3, 0.4) is 0 Å². The molecule has 0 fully saturated rings. The predicted molar refractivity (Wildman–Crippen MR) is 59.4 cm³/mol. The monoisotopic (exact) mass is 278 g/mol. The lowest BCUT2D eigenvalue weighted by Crippen LogP contribution is -2.41. The van der Waals surface area contributed by atoms with Gasteiger partial charge < -0.3 is 16.2 Å². The number of carbonyl (C=O) groups is 1. The number of hydrogen-bond donors (Lipinski definition) is 3. The number of likely N-dealkylation sites (N-methyl/N-ethyl adjacent to an activating group) is 1. The van der Waals surface area contributed by atoms with E-state index in [0.29, 0.717) is 0 Å². The second-order valence-corrected chi connectivity index (χ2v) is 5.27. The van der Waals surface area contributed by atoms with Gasteiger partial charge in [-0.15, -0.1) is 11.3 Å². The Morgan fingerprint density at radius 3 is 2.71 bits per heavy atom. The highest BCUT2D eigenvalue weighted by molar-refractivity contribution is 9.11. The van der Waals surface area contributed by atoms with Crippen molar-refractivity contribution in [2.45, 2.75) is 12.1 Å². The van der Waals surface area contributed by atoms with E-state index in [-0.39, 0.29) is 6.04 Å². The lowest BCUT2D eigenvalue weighted by molar-refractivity contribution is -0.139. The lowest BCUT2D eigenvalue weighted by atomic mass is 10.1. The molecule has 1 rings (SSSR count). The van der Waals surface area contributed by atoms with Crippen LogP contribution in [0.5, 0.6) is 0 Å². The molecular formula is C8H11BrN2O2S. The topological polar surface area (TPSA) is 75.3 Å². The summed E-state index contributed by atoms with van der Waals surface area (Å²) in [4.78, 5) is 11.6. The fourth-order valence-electron chi connectivity index (χ4n) is 1.14. The second-order valence-electron chi connectivity index (χ2n) is 2.77. The summed E-state index contributed by atoms with van der Waals surface area (Å²) in [5.74, 6) is -1.01. The van der Waals surface area contributed by atoms with Crippen LogP contribution in [0.15, 0.2) is 15.9 Å². The Kier molecular flexibility index (Phi) is 4.06. The molecule has 1 heterocycles. The van der Waals surface area contributed by atoms with Crippen molar-refractivity contribution in [3.8, 4) is 0 Å². The van der Waals surface area contributed by atoms with Gasteiger partial charge in [0.05, 0.1) is 9.83 Å². The molecule has 0 aliphatic rings. The van der Waals surface area contributed by atoms with E-state index in [1.165, 1.54) is 11.3 Å². The van der Waals surface area contributed by atoms with Gasteiger partial charge in [-0.25, -0.2) is 0 Å². The Labute approximate surface area is 94.2 Å². The van der Waals surface area contributed by atoms with Gasteiger partial charge in [0.25, 0.3) is 0 Å². The number of rotatable bonds is 4. The maximum absolute atomic E-state index is 10.7. The molecule has 4 N–H and O–H groups in total. The Morgan fingerprint density at radius 2 is 2.36 bits per heavy atom. The molecule has 0 saturated heterocycles. The Bertz CT molecular complexity index is 329. The van der Waals surface area contributed by atoms with Gasteiger partial charge >= 0.3 is 5.97 Å². The van der Waals surface area contributed by atoms with Crippen LogP contribution in [-0.4, -0.2) is 24.2 Å². The van der Waals surface area contributed by atoms with Crippen molar-refractivity contribution in [2.75, 3.05) is 7.05 Å². The molecule has 4 nitrogen and oxygen atoms in total. The van der Waals surface area contributed by atoms with Crippen molar-refractivity contribution in [1.29, 1.82) is 0 Å². The van der Waals surface area contributed by atoms with Crippen molar-refractivity contribution in [2.24, 2.45) is 5.73 Å². The molecule has 1 aromatic rings. The molecular weight excluding hydrogens is 268 g/mol. The smallest absolute Gasteiger partial charge is 0.322 e. The lowest BCUT2D eigenvalue weighted by Gasteiger charge is -2.18. The van der Waals surface area contributed by atoms with Gasteiger partial charge in [-0.2, -0.15) is 0 Å². The standard InChI is InChI=1S/C8H11BrN2O2S/c1-11-7(6(10)8(12)13)4-2-3-5(9)14-4/h2-3,6-7,11H,10H2,1H3,(H,12,13). The van der Waals surface area contributed by atoms with Crippen molar-refractivity contribution >= 4 is 33.2 Å². The molecule has 1 aromatic heterocycles. The second kappa shape index (κ2) is 4.88. The summed E-state index contributed by atoms with van der Waals surface area (Å²) in [5.41, 5.74) is 5.54.